The van der Waals surface area contributed by atoms with Crippen LogP contribution in [0.3, 0.4) is 0 Å². The number of benzene rings is 1. The zero-order valence-electron chi connectivity index (χ0n) is 19.9. The quantitative estimate of drug-likeness (QED) is 0.646. The second kappa shape index (κ2) is 11.4. The number of hydrogen-bond acceptors (Lipinski definition) is 5. The molecule has 2 N–H and O–H groups in total. The van der Waals surface area contributed by atoms with Gasteiger partial charge in [0.05, 0.1) is 12.6 Å². The smallest absolute Gasteiger partial charge is 0.475 e. The number of carbonyl (C=O) groups excluding carboxylic acids is 2. The van der Waals surface area contributed by atoms with Crippen LogP contribution in [0, 0.1) is 11.8 Å². The van der Waals surface area contributed by atoms with Crippen molar-refractivity contribution in [3.63, 3.8) is 0 Å². The standard InChI is InChI=1S/C22H31N3O3.C2HF3O2/c1-24(2)21(27)14-25-12-18-16-5-3-4-6-17(16)22(19(18)13-25)23-20(26)11-15-7-9-28-10-8-15;3-2(4,5)1(6)7/h3-6,15,18-19,22H,7-14H2,1-2H3,(H,23,26);(H,6,7)/t18-,19-,22+;/m0./s1. The summed E-state index contributed by atoms with van der Waals surface area (Å²) in [5.74, 6) is -1.32. The van der Waals surface area contributed by atoms with Gasteiger partial charge in [0.25, 0.3) is 0 Å². The first-order valence-electron chi connectivity index (χ1n) is 11.7. The number of likely N-dealkylation sites (tertiary alicyclic amines) is 1. The van der Waals surface area contributed by atoms with Crippen molar-refractivity contribution in [2.75, 3.05) is 46.9 Å². The van der Waals surface area contributed by atoms with Gasteiger partial charge in [0.2, 0.25) is 11.8 Å². The Hall–Kier alpha value is -2.66. The molecule has 1 aromatic rings. The summed E-state index contributed by atoms with van der Waals surface area (Å²) < 4.78 is 37.1. The van der Waals surface area contributed by atoms with E-state index in [0.717, 1.165) is 39.1 Å². The summed E-state index contributed by atoms with van der Waals surface area (Å²) in [6, 6.07) is 8.53. The third-order valence-corrected chi connectivity index (χ3v) is 6.83. The Morgan fingerprint density at radius 1 is 1.11 bits per heavy atom. The fourth-order valence-corrected chi connectivity index (χ4v) is 5.03. The predicted octanol–water partition coefficient (Wildman–Crippen LogP) is 2.41. The van der Waals surface area contributed by atoms with Crippen LogP contribution in [0.2, 0.25) is 0 Å². The van der Waals surface area contributed by atoms with E-state index in [9.17, 15) is 22.8 Å². The van der Waals surface area contributed by atoms with E-state index < -0.39 is 12.1 Å². The molecule has 0 spiro atoms. The molecule has 2 aliphatic heterocycles. The van der Waals surface area contributed by atoms with Crippen LogP contribution in [-0.2, 0) is 19.1 Å². The lowest BCUT2D eigenvalue weighted by Crippen LogP contribution is -2.38. The van der Waals surface area contributed by atoms with Crippen LogP contribution in [0.1, 0.15) is 42.3 Å². The highest BCUT2D eigenvalue weighted by molar-refractivity contribution is 5.78. The molecule has 0 unspecified atom stereocenters. The van der Waals surface area contributed by atoms with Crippen molar-refractivity contribution in [3.8, 4) is 0 Å². The third-order valence-electron chi connectivity index (χ3n) is 6.83. The number of amides is 2. The lowest BCUT2D eigenvalue weighted by molar-refractivity contribution is -0.192. The molecule has 3 atom stereocenters. The molecular weight excluding hydrogens is 467 g/mol. The van der Waals surface area contributed by atoms with Gasteiger partial charge in [-0.25, -0.2) is 4.79 Å². The molecule has 4 rings (SSSR count). The molecule has 2 fully saturated rings. The third kappa shape index (κ3) is 6.94. The van der Waals surface area contributed by atoms with Gasteiger partial charge in [0.15, 0.2) is 0 Å². The number of alkyl halides is 3. The van der Waals surface area contributed by atoms with E-state index >= 15 is 0 Å². The average molecular weight is 500 g/mol. The lowest BCUT2D eigenvalue weighted by Gasteiger charge is -2.25. The minimum atomic E-state index is -5.08. The van der Waals surface area contributed by atoms with Crippen molar-refractivity contribution in [2.45, 2.75) is 37.4 Å². The van der Waals surface area contributed by atoms with E-state index in [4.69, 9.17) is 14.6 Å². The fourth-order valence-electron chi connectivity index (χ4n) is 5.03. The molecule has 1 aliphatic carbocycles. The Kier molecular flexibility index (Phi) is 8.76. The number of rotatable bonds is 5. The van der Waals surface area contributed by atoms with Gasteiger partial charge < -0.3 is 20.1 Å². The molecular formula is C24H32F3N3O5. The minimum Gasteiger partial charge on any atom is -0.475 e. The van der Waals surface area contributed by atoms with Crippen molar-refractivity contribution < 1.29 is 37.4 Å². The highest BCUT2D eigenvalue weighted by Crippen LogP contribution is 2.49. The number of aliphatic carboxylic acids is 1. The molecule has 8 nitrogen and oxygen atoms in total. The molecule has 35 heavy (non-hydrogen) atoms. The summed E-state index contributed by atoms with van der Waals surface area (Å²) in [7, 11) is 3.60. The number of carbonyl (C=O) groups is 3. The van der Waals surface area contributed by atoms with Crippen molar-refractivity contribution >= 4 is 17.8 Å². The topological polar surface area (TPSA) is 99.2 Å². The molecule has 0 aromatic heterocycles. The number of likely N-dealkylation sites (N-methyl/N-ethyl adjacent to an activating group) is 1. The maximum absolute atomic E-state index is 12.8. The van der Waals surface area contributed by atoms with Crippen LogP contribution in [0.15, 0.2) is 24.3 Å². The second-order valence-electron chi connectivity index (χ2n) is 9.49. The van der Waals surface area contributed by atoms with Gasteiger partial charge in [-0.1, -0.05) is 24.3 Å². The van der Waals surface area contributed by atoms with E-state index in [2.05, 4.69) is 34.5 Å². The van der Waals surface area contributed by atoms with Crippen LogP contribution in [0.25, 0.3) is 0 Å². The Morgan fingerprint density at radius 2 is 1.71 bits per heavy atom. The van der Waals surface area contributed by atoms with Crippen LogP contribution in [0.4, 0.5) is 13.2 Å². The first-order chi connectivity index (χ1) is 16.5. The molecule has 0 radical (unpaired) electrons. The number of hydrogen-bond donors (Lipinski definition) is 2. The zero-order chi connectivity index (χ0) is 25.8. The van der Waals surface area contributed by atoms with Crippen molar-refractivity contribution in [3.05, 3.63) is 35.4 Å². The average Bonchev–Trinajstić information content (AvgIpc) is 3.32. The summed E-state index contributed by atoms with van der Waals surface area (Å²) >= 11 is 0. The summed E-state index contributed by atoms with van der Waals surface area (Å²) in [6.45, 7) is 3.72. The Labute approximate surface area is 202 Å². The molecule has 3 aliphatic rings. The number of nitrogens with one attached hydrogen (secondary N) is 1. The highest BCUT2D eigenvalue weighted by Gasteiger charge is 2.47. The number of carboxylic acids is 1. The van der Waals surface area contributed by atoms with Gasteiger partial charge in [-0.05, 0) is 29.9 Å². The zero-order valence-corrected chi connectivity index (χ0v) is 19.9. The van der Waals surface area contributed by atoms with Gasteiger partial charge in [-0.2, -0.15) is 13.2 Å². The molecule has 2 heterocycles. The van der Waals surface area contributed by atoms with Gasteiger partial charge in [0, 0.05) is 58.7 Å². The van der Waals surface area contributed by atoms with Crippen molar-refractivity contribution in [1.82, 2.24) is 15.1 Å². The normalized spacial score (nSPS) is 24.1. The molecule has 194 valence electrons. The number of halogens is 3. The number of carboxylic acid groups (broad SMARTS) is 1. The largest absolute Gasteiger partial charge is 0.490 e. The maximum atomic E-state index is 12.8. The first kappa shape index (κ1) is 26.9. The van der Waals surface area contributed by atoms with Crippen LogP contribution >= 0.6 is 0 Å². The number of ether oxygens (including phenoxy) is 1. The molecule has 11 heteroatoms. The predicted molar refractivity (Wildman–Crippen MR) is 121 cm³/mol. The number of nitrogens with zero attached hydrogens (tertiary/aromatic N) is 2. The van der Waals surface area contributed by atoms with Gasteiger partial charge in [0.1, 0.15) is 0 Å². The Balaban J connectivity index is 0.000000429. The number of fused-ring (bicyclic) bond motifs is 3. The SMILES string of the molecule is CN(C)C(=O)CN1C[C@@H]2[C@H](NC(=O)CC3CCOCC3)c3ccccc3[C@@H]2C1.O=C(O)C(F)(F)F. The summed E-state index contributed by atoms with van der Waals surface area (Å²) in [6.07, 6.45) is -2.55. The van der Waals surface area contributed by atoms with Crippen LogP contribution < -0.4 is 5.32 Å². The van der Waals surface area contributed by atoms with Crippen LogP contribution in [0.5, 0.6) is 0 Å². The Bertz CT molecular complexity index is 918. The van der Waals surface area contributed by atoms with Crippen molar-refractivity contribution in [2.24, 2.45) is 11.8 Å². The summed E-state index contributed by atoms with van der Waals surface area (Å²) in [4.78, 5) is 37.7. The van der Waals surface area contributed by atoms with Crippen LogP contribution in [-0.4, -0.2) is 85.8 Å². The lowest BCUT2D eigenvalue weighted by atomic mass is 9.93. The summed E-state index contributed by atoms with van der Waals surface area (Å²) in [5, 5.41) is 10.5. The van der Waals surface area contributed by atoms with E-state index in [-0.39, 0.29) is 17.9 Å². The maximum Gasteiger partial charge on any atom is 0.490 e. The van der Waals surface area contributed by atoms with E-state index in [1.54, 1.807) is 19.0 Å². The van der Waals surface area contributed by atoms with Gasteiger partial charge >= 0.3 is 12.1 Å². The molecule has 2 amide bonds. The van der Waals surface area contributed by atoms with E-state index in [0.29, 0.717) is 30.7 Å². The fraction of sp³-hybridized carbons (Fsp3) is 0.625. The van der Waals surface area contributed by atoms with Gasteiger partial charge in [-0.15, -0.1) is 0 Å². The first-order valence-corrected chi connectivity index (χ1v) is 11.7. The van der Waals surface area contributed by atoms with E-state index in [1.165, 1.54) is 11.1 Å². The Morgan fingerprint density at radius 3 is 2.29 bits per heavy atom. The van der Waals surface area contributed by atoms with Gasteiger partial charge in [-0.3, -0.25) is 14.5 Å². The van der Waals surface area contributed by atoms with Crippen molar-refractivity contribution in [1.29, 1.82) is 0 Å². The second-order valence-corrected chi connectivity index (χ2v) is 9.49. The molecule has 0 saturated carbocycles. The molecule has 2 saturated heterocycles. The summed E-state index contributed by atoms with van der Waals surface area (Å²) in [5.41, 5.74) is 2.60. The minimum absolute atomic E-state index is 0.0491. The molecule has 0 bridgehead atoms. The van der Waals surface area contributed by atoms with E-state index in [1.807, 2.05) is 0 Å². The molecule has 1 aromatic carbocycles. The monoisotopic (exact) mass is 499 g/mol. The highest BCUT2D eigenvalue weighted by atomic mass is 19.4.